The molecule has 2 fully saturated rings. The molecule has 0 amide bonds. The zero-order chi connectivity index (χ0) is 18.9. The van der Waals surface area contributed by atoms with Gasteiger partial charge in [-0.2, -0.15) is 0 Å². The highest BCUT2D eigenvalue weighted by Crippen LogP contribution is 2.27. The quantitative estimate of drug-likeness (QED) is 0.814. The number of halogens is 1. The van der Waals surface area contributed by atoms with E-state index in [0.29, 0.717) is 6.54 Å². The zero-order valence-electron chi connectivity index (χ0n) is 16.4. The number of benzene rings is 1. The lowest BCUT2D eigenvalue weighted by atomic mass is 9.91. The van der Waals surface area contributed by atoms with Gasteiger partial charge in [-0.3, -0.25) is 9.80 Å². The zero-order valence-corrected chi connectivity index (χ0v) is 16.4. The first-order valence-corrected chi connectivity index (χ1v) is 10.6. The van der Waals surface area contributed by atoms with Gasteiger partial charge in [0.05, 0.1) is 5.69 Å². The number of hydrogen-bond acceptors (Lipinski definition) is 5. The van der Waals surface area contributed by atoms with Crippen LogP contribution in [0, 0.1) is 5.82 Å². The minimum atomic E-state index is -0.124. The first kappa shape index (κ1) is 18.0. The molecule has 0 radical (unpaired) electrons. The molecule has 0 bridgehead atoms. The summed E-state index contributed by atoms with van der Waals surface area (Å²) in [7, 11) is 0. The lowest BCUT2D eigenvalue weighted by Gasteiger charge is -2.43. The van der Waals surface area contributed by atoms with Crippen LogP contribution >= 0.6 is 0 Å². The Morgan fingerprint density at radius 2 is 1.86 bits per heavy atom. The molecule has 28 heavy (non-hydrogen) atoms. The Balaban J connectivity index is 1.22. The van der Waals surface area contributed by atoms with Crippen molar-refractivity contribution in [2.45, 2.75) is 44.8 Å². The Kier molecular flexibility index (Phi) is 4.99. The Labute approximate surface area is 166 Å². The van der Waals surface area contributed by atoms with Crippen LogP contribution in [0.4, 0.5) is 10.3 Å². The van der Waals surface area contributed by atoms with Crippen LogP contribution in [0.3, 0.4) is 0 Å². The number of aromatic nitrogens is 2. The largest absolute Gasteiger partial charge is 0.338 e. The highest BCUT2D eigenvalue weighted by atomic mass is 19.1. The second-order valence-corrected chi connectivity index (χ2v) is 8.30. The van der Waals surface area contributed by atoms with Crippen molar-refractivity contribution < 1.29 is 4.39 Å². The van der Waals surface area contributed by atoms with E-state index in [9.17, 15) is 4.39 Å². The van der Waals surface area contributed by atoms with Crippen molar-refractivity contribution in [1.82, 2.24) is 19.8 Å². The molecule has 1 aliphatic carbocycles. The number of nitrogens with zero attached hydrogens (tertiary/aromatic N) is 5. The maximum Gasteiger partial charge on any atom is 0.225 e. The van der Waals surface area contributed by atoms with E-state index in [1.165, 1.54) is 30.9 Å². The fourth-order valence-corrected chi connectivity index (χ4v) is 4.56. The summed E-state index contributed by atoms with van der Waals surface area (Å²) in [6, 6.07) is 7.87. The summed E-state index contributed by atoms with van der Waals surface area (Å²) in [5, 5.41) is 0. The van der Waals surface area contributed by atoms with Crippen molar-refractivity contribution >= 4 is 5.95 Å². The standard InChI is InChI=1S/C22H28FN5/c23-20-7-2-1-4-17(20)15-26-9-8-21-18(16-26)14-24-22(25-21)28-12-10-27(11-13-28)19-5-3-6-19/h1-2,4,7,14,19H,3,5-6,8-13,15-16H2. The van der Waals surface area contributed by atoms with Gasteiger partial charge in [0.25, 0.3) is 0 Å². The molecule has 0 N–H and O–H groups in total. The molecule has 3 aliphatic rings. The van der Waals surface area contributed by atoms with Gasteiger partial charge in [0.15, 0.2) is 0 Å². The van der Waals surface area contributed by atoms with E-state index in [0.717, 1.165) is 68.9 Å². The summed E-state index contributed by atoms with van der Waals surface area (Å²) in [5.41, 5.74) is 3.10. The summed E-state index contributed by atoms with van der Waals surface area (Å²) in [4.78, 5) is 16.8. The minimum Gasteiger partial charge on any atom is -0.338 e. The van der Waals surface area contributed by atoms with E-state index in [-0.39, 0.29) is 5.82 Å². The summed E-state index contributed by atoms with van der Waals surface area (Å²) in [5.74, 6) is 0.760. The lowest BCUT2D eigenvalue weighted by molar-refractivity contribution is 0.120. The molecule has 148 valence electrons. The van der Waals surface area contributed by atoms with E-state index in [1.807, 2.05) is 18.3 Å². The molecule has 2 aliphatic heterocycles. The van der Waals surface area contributed by atoms with Crippen LogP contribution in [0.2, 0.25) is 0 Å². The molecule has 1 aromatic heterocycles. The first-order valence-electron chi connectivity index (χ1n) is 10.6. The average molecular weight is 381 g/mol. The predicted octanol–water partition coefficient (Wildman–Crippen LogP) is 2.85. The van der Waals surface area contributed by atoms with Crippen LogP contribution in [0.1, 0.15) is 36.1 Å². The van der Waals surface area contributed by atoms with Crippen LogP contribution in [0.25, 0.3) is 0 Å². The lowest BCUT2D eigenvalue weighted by Crippen LogP contribution is -2.52. The van der Waals surface area contributed by atoms with Gasteiger partial charge in [0, 0.05) is 75.6 Å². The fourth-order valence-electron chi connectivity index (χ4n) is 4.56. The van der Waals surface area contributed by atoms with Gasteiger partial charge in [-0.25, -0.2) is 14.4 Å². The highest BCUT2D eigenvalue weighted by Gasteiger charge is 2.29. The fraction of sp³-hybridized carbons (Fsp3) is 0.545. The van der Waals surface area contributed by atoms with Crippen molar-refractivity contribution in [3.63, 3.8) is 0 Å². The van der Waals surface area contributed by atoms with E-state index < -0.39 is 0 Å². The SMILES string of the molecule is Fc1ccccc1CN1CCc2nc(N3CCN(C4CCC4)CC3)ncc2C1. The van der Waals surface area contributed by atoms with Gasteiger partial charge < -0.3 is 4.90 Å². The van der Waals surface area contributed by atoms with E-state index >= 15 is 0 Å². The van der Waals surface area contributed by atoms with Gasteiger partial charge in [-0.15, -0.1) is 0 Å². The Bertz CT molecular complexity index is 829. The van der Waals surface area contributed by atoms with E-state index in [1.54, 1.807) is 6.07 Å². The van der Waals surface area contributed by atoms with Crippen LogP contribution < -0.4 is 4.90 Å². The van der Waals surface area contributed by atoms with Crippen LogP contribution in [-0.4, -0.2) is 58.5 Å². The maximum absolute atomic E-state index is 13.9. The Morgan fingerprint density at radius 1 is 1.04 bits per heavy atom. The summed E-state index contributed by atoms with van der Waals surface area (Å²) in [6.45, 7) is 6.64. The van der Waals surface area contributed by atoms with Crippen molar-refractivity contribution in [3.05, 3.63) is 53.1 Å². The van der Waals surface area contributed by atoms with Crippen molar-refractivity contribution in [2.24, 2.45) is 0 Å². The summed E-state index contributed by atoms with van der Waals surface area (Å²) < 4.78 is 13.9. The monoisotopic (exact) mass is 381 g/mol. The topological polar surface area (TPSA) is 35.5 Å². The Hall–Kier alpha value is -2.05. The molecule has 3 heterocycles. The highest BCUT2D eigenvalue weighted by molar-refractivity contribution is 5.35. The average Bonchev–Trinajstić information content (AvgIpc) is 2.69. The molecule has 1 saturated carbocycles. The minimum absolute atomic E-state index is 0.124. The number of piperazine rings is 1. The first-order chi connectivity index (χ1) is 13.8. The third kappa shape index (κ3) is 3.63. The van der Waals surface area contributed by atoms with Gasteiger partial charge in [-0.1, -0.05) is 24.6 Å². The molecule has 2 aromatic rings. The Morgan fingerprint density at radius 3 is 2.61 bits per heavy atom. The molecular weight excluding hydrogens is 353 g/mol. The molecule has 1 saturated heterocycles. The van der Waals surface area contributed by atoms with Crippen LogP contribution in [-0.2, 0) is 19.5 Å². The molecule has 5 rings (SSSR count). The van der Waals surface area contributed by atoms with Crippen molar-refractivity contribution in [3.8, 4) is 0 Å². The predicted molar refractivity (Wildman–Crippen MR) is 108 cm³/mol. The molecule has 6 heteroatoms. The van der Waals surface area contributed by atoms with Crippen LogP contribution in [0.5, 0.6) is 0 Å². The third-order valence-electron chi connectivity index (χ3n) is 6.54. The van der Waals surface area contributed by atoms with Gasteiger partial charge >= 0.3 is 0 Å². The van der Waals surface area contributed by atoms with E-state index in [4.69, 9.17) is 4.98 Å². The molecule has 5 nitrogen and oxygen atoms in total. The maximum atomic E-state index is 13.9. The van der Waals surface area contributed by atoms with Crippen LogP contribution in [0.15, 0.2) is 30.5 Å². The summed E-state index contributed by atoms with van der Waals surface area (Å²) in [6.07, 6.45) is 7.04. The van der Waals surface area contributed by atoms with E-state index in [2.05, 4.69) is 19.7 Å². The molecule has 0 atom stereocenters. The number of hydrogen-bond donors (Lipinski definition) is 0. The third-order valence-corrected chi connectivity index (χ3v) is 6.54. The molecule has 0 unspecified atom stereocenters. The molecular formula is C22H28FN5. The normalized spacial score (nSPS) is 21.4. The van der Waals surface area contributed by atoms with Crippen molar-refractivity contribution in [2.75, 3.05) is 37.6 Å². The molecule has 1 aromatic carbocycles. The summed E-state index contributed by atoms with van der Waals surface area (Å²) >= 11 is 0. The number of rotatable bonds is 4. The number of fused-ring (bicyclic) bond motifs is 1. The molecule has 0 spiro atoms. The second kappa shape index (κ2) is 7.76. The second-order valence-electron chi connectivity index (χ2n) is 8.30. The number of anilines is 1. The van der Waals surface area contributed by atoms with Crippen molar-refractivity contribution in [1.29, 1.82) is 0 Å². The van der Waals surface area contributed by atoms with Gasteiger partial charge in [0.1, 0.15) is 5.82 Å². The van der Waals surface area contributed by atoms with Gasteiger partial charge in [-0.05, 0) is 18.9 Å². The smallest absolute Gasteiger partial charge is 0.225 e. The van der Waals surface area contributed by atoms with Gasteiger partial charge in [0.2, 0.25) is 5.95 Å².